The highest BCUT2D eigenvalue weighted by atomic mass is 32.2. The minimum absolute atomic E-state index is 0.135. The number of thioether (sulfide) groups is 1. The van der Waals surface area contributed by atoms with Crippen molar-refractivity contribution in [3.05, 3.63) is 48.5 Å². The second-order valence-corrected chi connectivity index (χ2v) is 6.85. The first-order chi connectivity index (χ1) is 12.7. The van der Waals surface area contributed by atoms with Crippen molar-refractivity contribution < 1.29 is 18.7 Å². The Kier molecular flexibility index (Phi) is 4.49. The molecule has 0 bridgehead atoms. The molecule has 3 aromatic rings. The molecular weight excluding hydrogens is 354 g/mol. The number of anilines is 1. The van der Waals surface area contributed by atoms with Crippen LogP contribution < -0.4 is 14.8 Å². The number of benzene rings is 2. The molecule has 1 aliphatic rings. The summed E-state index contributed by atoms with van der Waals surface area (Å²) < 4.78 is 16.3. The molecule has 0 saturated carbocycles. The van der Waals surface area contributed by atoms with E-state index in [0.717, 1.165) is 11.3 Å². The lowest BCUT2D eigenvalue weighted by Crippen LogP contribution is -2.22. The molecule has 8 heteroatoms. The van der Waals surface area contributed by atoms with Crippen LogP contribution in [-0.2, 0) is 4.79 Å². The summed E-state index contributed by atoms with van der Waals surface area (Å²) in [6, 6.07) is 14.7. The summed E-state index contributed by atoms with van der Waals surface area (Å²) >= 11 is 1.20. The van der Waals surface area contributed by atoms with Gasteiger partial charge >= 0.3 is 0 Å². The van der Waals surface area contributed by atoms with E-state index in [1.54, 1.807) is 19.1 Å². The van der Waals surface area contributed by atoms with E-state index >= 15 is 0 Å². The van der Waals surface area contributed by atoms with Crippen LogP contribution in [0.4, 0.5) is 5.69 Å². The third kappa shape index (κ3) is 3.50. The lowest BCUT2D eigenvalue weighted by molar-refractivity contribution is -0.115. The van der Waals surface area contributed by atoms with Gasteiger partial charge in [-0.25, -0.2) is 0 Å². The van der Waals surface area contributed by atoms with Crippen LogP contribution in [0.3, 0.4) is 0 Å². The number of hydrogen-bond donors (Lipinski definition) is 1. The zero-order valence-electron chi connectivity index (χ0n) is 13.8. The van der Waals surface area contributed by atoms with Crippen molar-refractivity contribution in [2.24, 2.45) is 0 Å². The normalized spacial score (nSPS) is 13.4. The summed E-state index contributed by atoms with van der Waals surface area (Å²) in [5.74, 6) is 1.56. The molecule has 1 amide bonds. The number of carbonyl (C=O) groups excluding carboxylic acids is 1. The van der Waals surface area contributed by atoms with Crippen molar-refractivity contribution in [3.8, 4) is 23.0 Å². The Balaban J connectivity index is 1.42. The van der Waals surface area contributed by atoms with Gasteiger partial charge in [0.2, 0.25) is 18.6 Å². The molecule has 132 valence electrons. The third-order valence-corrected chi connectivity index (χ3v) is 4.65. The van der Waals surface area contributed by atoms with Gasteiger partial charge in [0.15, 0.2) is 11.5 Å². The van der Waals surface area contributed by atoms with Gasteiger partial charge in [-0.2, -0.15) is 0 Å². The molecular formula is C18H15N3O4S. The fourth-order valence-corrected chi connectivity index (χ4v) is 3.06. The van der Waals surface area contributed by atoms with Gasteiger partial charge in [-0.15, -0.1) is 10.2 Å². The lowest BCUT2D eigenvalue weighted by Gasteiger charge is -2.09. The molecule has 0 aliphatic carbocycles. The maximum atomic E-state index is 12.3. The predicted octanol–water partition coefficient (Wildman–Crippen LogP) is 3.58. The number of fused-ring (bicyclic) bond motifs is 1. The smallest absolute Gasteiger partial charge is 0.277 e. The predicted molar refractivity (Wildman–Crippen MR) is 96.2 cm³/mol. The monoisotopic (exact) mass is 369 g/mol. The van der Waals surface area contributed by atoms with E-state index in [0.29, 0.717) is 22.6 Å². The largest absolute Gasteiger partial charge is 0.454 e. The van der Waals surface area contributed by atoms with Crippen LogP contribution in [0, 0.1) is 0 Å². The Morgan fingerprint density at radius 3 is 2.77 bits per heavy atom. The molecule has 0 radical (unpaired) electrons. The van der Waals surface area contributed by atoms with E-state index in [4.69, 9.17) is 13.9 Å². The zero-order chi connectivity index (χ0) is 17.9. The number of rotatable bonds is 5. The molecule has 0 saturated heterocycles. The number of nitrogens with zero attached hydrogens (tertiary/aromatic N) is 2. The van der Waals surface area contributed by atoms with Crippen LogP contribution >= 0.6 is 11.8 Å². The number of nitrogens with one attached hydrogen (secondary N) is 1. The van der Waals surface area contributed by atoms with Gasteiger partial charge in [0.05, 0.1) is 5.25 Å². The molecule has 1 aromatic heterocycles. The summed E-state index contributed by atoms with van der Waals surface area (Å²) in [5.41, 5.74) is 1.48. The van der Waals surface area contributed by atoms with Crippen molar-refractivity contribution in [2.75, 3.05) is 12.1 Å². The van der Waals surface area contributed by atoms with Crippen molar-refractivity contribution in [1.82, 2.24) is 10.2 Å². The van der Waals surface area contributed by atoms with Crippen LogP contribution in [0.2, 0.25) is 0 Å². The molecule has 26 heavy (non-hydrogen) atoms. The average Bonchev–Trinajstić information content (AvgIpc) is 3.31. The highest BCUT2D eigenvalue weighted by molar-refractivity contribution is 8.00. The molecule has 2 heterocycles. The van der Waals surface area contributed by atoms with Gasteiger partial charge in [0.25, 0.3) is 5.22 Å². The molecule has 0 unspecified atom stereocenters. The molecule has 0 fully saturated rings. The van der Waals surface area contributed by atoms with E-state index in [2.05, 4.69) is 15.5 Å². The second-order valence-electron chi connectivity index (χ2n) is 5.56. The molecule has 4 rings (SSSR count). The zero-order valence-corrected chi connectivity index (χ0v) is 14.7. The van der Waals surface area contributed by atoms with Crippen molar-refractivity contribution >= 4 is 23.4 Å². The topological polar surface area (TPSA) is 86.5 Å². The number of aromatic nitrogens is 2. The van der Waals surface area contributed by atoms with Crippen LogP contribution in [0.1, 0.15) is 6.92 Å². The summed E-state index contributed by atoms with van der Waals surface area (Å²) in [7, 11) is 0. The number of carbonyl (C=O) groups is 1. The minimum atomic E-state index is -0.389. The highest BCUT2D eigenvalue weighted by Crippen LogP contribution is 2.36. The molecule has 0 spiro atoms. The van der Waals surface area contributed by atoms with Gasteiger partial charge in [-0.1, -0.05) is 30.0 Å². The lowest BCUT2D eigenvalue weighted by atomic mass is 10.2. The molecule has 1 atom stereocenters. The molecule has 7 nitrogen and oxygen atoms in total. The number of ether oxygens (including phenoxy) is 2. The molecule has 2 aromatic carbocycles. The van der Waals surface area contributed by atoms with E-state index in [9.17, 15) is 4.79 Å². The van der Waals surface area contributed by atoms with Gasteiger partial charge < -0.3 is 19.2 Å². The van der Waals surface area contributed by atoms with Gasteiger partial charge in [0, 0.05) is 11.3 Å². The molecule has 1 aliphatic heterocycles. The Hall–Kier alpha value is -3.00. The maximum Gasteiger partial charge on any atom is 0.277 e. The second kappa shape index (κ2) is 7.09. The minimum Gasteiger partial charge on any atom is -0.454 e. The number of amides is 1. The van der Waals surface area contributed by atoms with Gasteiger partial charge in [-0.05, 0) is 37.3 Å². The Labute approximate surface area is 153 Å². The summed E-state index contributed by atoms with van der Waals surface area (Å²) in [5, 5.41) is 10.8. The van der Waals surface area contributed by atoms with Crippen LogP contribution in [-0.4, -0.2) is 28.1 Å². The third-order valence-electron chi connectivity index (χ3n) is 3.71. The molecule has 1 N–H and O–H groups in total. The first-order valence-corrected chi connectivity index (χ1v) is 8.83. The summed E-state index contributed by atoms with van der Waals surface area (Å²) in [6.45, 7) is 1.99. The van der Waals surface area contributed by atoms with E-state index in [1.807, 2.05) is 36.4 Å². The summed E-state index contributed by atoms with van der Waals surface area (Å²) in [4.78, 5) is 12.3. The van der Waals surface area contributed by atoms with Crippen molar-refractivity contribution in [3.63, 3.8) is 0 Å². The Morgan fingerprint density at radius 2 is 1.92 bits per heavy atom. The van der Waals surface area contributed by atoms with Crippen LogP contribution in [0.15, 0.2) is 58.2 Å². The number of para-hydroxylation sites is 1. The fraction of sp³-hybridized carbons (Fsp3) is 0.167. The van der Waals surface area contributed by atoms with Crippen molar-refractivity contribution in [2.45, 2.75) is 17.4 Å². The standard InChI is InChI=1S/C18H15N3O4S/c1-11(16(22)19-13-5-3-2-4-6-13)26-18-21-20-17(25-18)12-7-8-14-15(9-12)24-10-23-14/h2-9,11H,10H2,1H3,(H,19,22)/t11-/m0/s1. The average molecular weight is 369 g/mol. The van der Waals surface area contributed by atoms with Gasteiger partial charge in [-0.3, -0.25) is 4.79 Å². The first kappa shape index (κ1) is 16.5. The quantitative estimate of drug-likeness (QED) is 0.688. The SMILES string of the molecule is C[C@H](Sc1nnc(-c2ccc3c(c2)OCO3)o1)C(=O)Nc1ccccc1. The fourth-order valence-electron chi connectivity index (χ4n) is 2.37. The van der Waals surface area contributed by atoms with E-state index in [-0.39, 0.29) is 18.0 Å². The highest BCUT2D eigenvalue weighted by Gasteiger charge is 2.20. The van der Waals surface area contributed by atoms with E-state index in [1.165, 1.54) is 11.8 Å². The van der Waals surface area contributed by atoms with Crippen LogP contribution in [0.5, 0.6) is 11.5 Å². The van der Waals surface area contributed by atoms with Crippen molar-refractivity contribution in [1.29, 1.82) is 0 Å². The Bertz CT molecular complexity index is 929. The van der Waals surface area contributed by atoms with Gasteiger partial charge in [0.1, 0.15) is 0 Å². The van der Waals surface area contributed by atoms with Crippen LogP contribution in [0.25, 0.3) is 11.5 Å². The first-order valence-electron chi connectivity index (χ1n) is 7.95. The maximum absolute atomic E-state index is 12.3. The Morgan fingerprint density at radius 1 is 1.12 bits per heavy atom. The summed E-state index contributed by atoms with van der Waals surface area (Å²) in [6.07, 6.45) is 0. The number of hydrogen-bond acceptors (Lipinski definition) is 7. The van der Waals surface area contributed by atoms with E-state index < -0.39 is 0 Å².